The van der Waals surface area contributed by atoms with E-state index in [0.717, 1.165) is 28.8 Å². The molecule has 5 rings (SSSR count). The number of carbonyl (C=O) groups is 1. The Bertz CT molecular complexity index is 1350. The summed E-state index contributed by atoms with van der Waals surface area (Å²) in [6.45, 7) is 2.17. The molecule has 0 amide bonds. The van der Waals surface area contributed by atoms with Gasteiger partial charge in [0.2, 0.25) is 0 Å². The van der Waals surface area contributed by atoms with Gasteiger partial charge in [0, 0.05) is 17.3 Å². The molecular weight excluding hydrogens is 368 g/mol. The summed E-state index contributed by atoms with van der Waals surface area (Å²) in [5.41, 5.74) is 9.67. The van der Waals surface area contributed by atoms with Crippen molar-refractivity contribution in [1.29, 1.82) is 0 Å². The van der Waals surface area contributed by atoms with Gasteiger partial charge in [-0.05, 0) is 46.9 Å². The highest BCUT2D eigenvalue weighted by Gasteiger charge is 2.11. The Morgan fingerprint density at radius 2 is 1.50 bits per heavy atom. The van der Waals surface area contributed by atoms with Crippen LogP contribution in [0.4, 0.5) is 0 Å². The van der Waals surface area contributed by atoms with E-state index in [1.807, 2.05) is 36.5 Å². The number of pyridine rings is 1. The van der Waals surface area contributed by atoms with Crippen molar-refractivity contribution in [3.8, 4) is 33.5 Å². The van der Waals surface area contributed by atoms with E-state index < -0.39 is 0 Å². The quantitative estimate of drug-likeness (QED) is 0.331. The van der Waals surface area contributed by atoms with Crippen LogP contribution in [-0.4, -0.2) is 15.7 Å². The average Bonchev–Trinajstić information content (AvgIpc) is 3.23. The Hall–Kier alpha value is -3.98. The van der Waals surface area contributed by atoms with Gasteiger partial charge in [-0.2, -0.15) is 0 Å². The smallest absolute Gasteiger partial charge is 0.150 e. The highest BCUT2D eigenvalue weighted by atomic mass is 16.1. The standard InChI is InChI=1S/C27H20N2O/c1-19-24(21-6-3-2-4-7-21)8-5-9-25(19)23-14-15-29-26(17-28-27(29)16-23)22-12-10-20(18-30)11-13-22/h2-18H,1H3. The molecule has 30 heavy (non-hydrogen) atoms. The van der Waals surface area contributed by atoms with E-state index in [1.54, 1.807) is 0 Å². The first-order valence-electron chi connectivity index (χ1n) is 9.93. The minimum Gasteiger partial charge on any atom is -0.300 e. The van der Waals surface area contributed by atoms with E-state index in [-0.39, 0.29) is 0 Å². The third-order valence-corrected chi connectivity index (χ3v) is 5.59. The lowest BCUT2D eigenvalue weighted by atomic mass is 9.93. The van der Waals surface area contributed by atoms with Crippen LogP contribution in [0.1, 0.15) is 15.9 Å². The van der Waals surface area contributed by atoms with Crippen molar-refractivity contribution < 1.29 is 4.79 Å². The molecule has 0 aliphatic rings. The second-order valence-electron chi connectivity index (χ2n) is 7.37. The zero-order valence-corrected chi connectivity index (χ0v) is 16.6. The summed E-state index contributed by atoms with van der Waals surface area (Å²) in [5, 5.41) is 0. The first-order valence-corrected chi connectivity index (χ1v) is 9.93. The van der Waals surface area contributed by atoms with Gasteiger partial charge in [0.05, 0.1) is 11.9 Å². The largest absolute Gasteiger partial charge is 0.300 e. The van der Waals surface area contributed by atoms with Crippen molar-refractivity contribution in [3.05, 3.63) is 108 Å². The lowest BCUT2D eigenvalue weighted by molar-refractivity contribution is 0.112. The first kappa shape index (κ1) is 18.1. The van der Waals surface area contributed by atoms with Gasteiger partial charge in [-0.25, -0.2) is 4.98 Å². The van der Waals surface area contributed by atoms with Crippen LogP contribution in [-0.2, 0) is 0 Å². The third kappa shape index (κ3) is 3.11. The van der Waals surface area contributed by atoms with Gasteiger partial charge in [0.15, 0.2) is 0 Å². The molecule has 5 aromatic rings. The predicted octanol–water partition coefficient (Wildman–Crippen LogP) is 6.46. The number of rotatable bonds is 4. The fourth-order valence-electron chi connectivity index (χ4n) is 3.97. The van der Waals surface area contributed by atoms with Crippen LogP contribution in [0.25, 0.3) is 39.2 Å². The number of imidazole rings is 1. The lowest BCUT2D eigenvalue weighted by Crippen LogP contribution is -1.92. The molecule has 0 atom stereocenters. The van der Waals surface area contributed by atoms with Gasteiger partial charge in [0.1, 0.15) is 11.9 Å². The van der Waals surface area contributed by atoms with Crippen LogP contribution in [0.2, 0.25) is 0 Å². The van der Waals surface area contributed by atoms with E-state index in [9.17, 15) is 4.79 Å². The molecule has 0 spiro atoms. The number of carbonyl (C=O) groups excluding carboxylic acids is 1. The fourth-order valence-corrected chi connectivity index (χ4v) is 3.97. The molecule has 0 aliphatic heterocycles. The molecule has 3 nitrogen and oxygen atoms in total. The molecule has 3 aromatic carbocycles. The van der Waals surface area contributed by atoms with Crippen LogP contribution in [0.15, 0.2) is 97.3 Å². The Kier molecular flexibility index (Phi) is 4.49. The van der Waals surface area contributed by atoms with E-state index in [0.29, 0.717) is 5.56 Å². The van der Waals surface area contributed by atoms with Crippen LogP contribution in [0, 0.1) is 6.92 Å². The fraction of sp³-hybridized carbons (Fsp3) is 0.0370. The number of fused-ring (bicyclic) bond motifs is 1. The molecular formula is C27H20N2O. The van der Waals surface area contributed by atoms with Crippen molar-refractivity contribution in [1.82, 2.24) is 9.38 Å². The summed E-state index contributed by atoms with van der Waals surface area (Å²) < 4.78 is 2.08. The zero-order valence-electron chi connectivity index (χ0n) is 16.6. The molecule has 0 N–H and O–H groups in total. The number of nitrogens with zero attached hydrogens (tertiary/aromatic N) is 2. The number of aldehydes is 1. The number of benzene rings is 3. The molecule has 0 aliphatic carbocycles. The maximum atomic E-state index is 10.9. The van der Waals surface area contributed by atoms with E-state index >= 15 is 0 Å². The number of hydrogen-bond donors (Lipinski definition) is 0. The maximum Gasteiger partial charge on any atom is 0.150 e. The Morgan fingerprint density at radius 1 is 0.767 bits per heavy atom. The average molecular weight is 388 g/mol. The van der Waals surface area contributed by atoms with Gasteiger partial charge in [-0.3, -0.25) is 9.20 Å². The highest BCUT2D eigenvalue weighted by Crippen LogP contribution is 2.32. The van der Waals surface area contributed by atoms with Gasteiger partial charge < -0.3 is 0 Å². The summed E-state index contributed by atoms with van der Waals surface area (Å²) in [5.74, 6) is 0. The monoisotopic (exact) mass is 388 g/mol. The summed E-state index contributed by atoms with van der Waals surface area (Å²) in [6, 6.07) is 28.7. The van der Waals surface area contributed by atoms with Crippen LogP contribution in [0.5, 0.6) is 0 Å². The molecule has 0 bridgehead atoms. The Labute approximate surface area is 175 Å². The van der Waals surface area contributed by atoms with Crippen molar-refractivity contribution in [2.75, 3.05) is 0 Å². The molecule has 3 heteroatoms. The van der Waals surface area contributed by atoms with E-state index in [2.05, 4.69) is 77.1 Å². The third-order valence-electron chi connectivity index (χ3n) is 5.59. The Balaban J connectivity index is 1.57. The molecule has 0 saturated carbocycles. The predicted molar refractivity (Wildman–Crippen MR) is 122 cm³/mol. The normalized spacial score (nSPS) is 11.0. The van der Waals surface area contributed by atoms with Gasteiger partial charge in [-0.15, -0.1) is 0 Å². The SMILES string of the molecule is Cc1c(-c2ccccc2)cccc1-c1ccn2c(-c3ccc(C=O)cc3)cnc2c1. The zero-order chi connectivity index (χ0) is 20.5. The molecule has 2 heterocycles. The van der Waals surface area contributed by atoms with Crippen LogP contribution >= 0.6 is 0 Å². The second-order valence-corrected chi connectivity index (χ2v) is 7.37. The van der Waals surface area contributed by atoms with Crippen molar-refractivity contribution in [3.63, 3.8) is 0 Å². The van der Waals surface area contributed by atoms with Crippen LogP contribution < -0.4 is 0 Å². The minimum absolute atomic E-state index is 0.670. The summed E-state index contributed by atoms with van der Waals surface area (Å²) in [6.07, 6.45) is 4.80. The second kappa shape index (κ2) is 7.45. The highest BCUT2D eigenvalue weighted by molar-refractivity contribution is 5.80. The summed E-state index contributed by atoms with van der Waals surface area (Å²) in [4.78, 5) is 15.5. The maximum absolute atomic E-state index is 10.9. The first-order chi connectivity index (χ1) is 14.7. The lowest BCUT2D eigenvalue weighted by Gasteiger charge is -2.12. The topological polar surface area (TPSA) is 34.4 Å². The number of aromatic nitrogens is 2. The van der Waals surface area contributed by atoms with Crippen molar-refractivity contribution in [2.24, 2.45) is 0 Å². The molecule has 2 aromatic heterocycles. The van der Waals surface area contributed by atoms with Gasteiger partial charge in [0.25, 0.3) is 0 Å². The summed E-state index contributed by atoms with van der Waals surface area (Å²) >= 11 is 0. The molecule has 0 saturated heterocycles. The van der Waals surface area contributed by atoms with Crippen LogP contribution in [0.3, 0.4) is 0 Å². The van der Waals surface area contributed by atoms with Crippen molar-refractivity contribution >= 4 is 11.9 Å². The molecule has 0 unspecified atom stereocenters. The van der Waals surface area contributed by atoms with Gasteiger partial charge in [-0.1, -0.05) is 72.8 Å². The molecule has 0 fully saturated rings. The summed E-state index contributed by atoms with van der Waals surface area (Å²) in [7, 11) is 0. The minimum atomic E-state index is 0.670. The molecule has 0 radical (unpaired) electrons. The molecule has 144 valence electrons. The number of hydrogen-bond acceptors (Lipinski definition) is 2. The van der Waals surface area contributed by atoms with E-state index in [4.69, 9.17) is 0 Å². The van der Waals surface area contributed by atoms with Gasteiger partial charge >= 0.3 is 0 Å². The Morgan fingerprint density at radius 3 is 2.23 bits per heavy atom. The van der Waals surface area contributed by atoms with Crippen molar-refractivity contribution in [2.45, 2.75) is 6.92 Å². The van der Waals surface area contributed by atoms with E-state index in [1.165, 1.54) is 22.3 Å².